The molecule has 0 saturated heterocycles. The first-order valence-corrected chi connectivity index (χ1v) is 14.5. The zero-order valence-electron chi connectivity index (χ0n) is 24.0. The van der Waals surface area contributed by atoms with Gasteiger partial charge in [0.15, 0.2) is 17.4 Å². The number of ketones is 2. The predicted octanol–water partition coefficient (Wildman–Crippen LogP) is 6.46. The minimum absolute atomic E-state index is 0.0489. The molecular formula is C32H41N3O3. The van der Waals surface area contributed by atoms with Crippen LogP contribution in [0.2, 0.25) is 0 Å². The molecule has 1 heterocycles. The fourth-order valence-electron chi connectivity index (χ4n) is 10.1. The molecule has 2 unspecified atom stereocenters. The summed E-state index contributed by atoms with van der Waals surface area (Å²) in [6.07, 6.45) is 10.6. The number of carbonyl (C=O) groups is 2. The Morgan fingerprint density at radius 2 is 1.74 bits per heavy atom. The van der Waals surface area contributed by atoms with E-state index in [-0.39, 0.29) is 62.5 Å². The lowest BCUT2D eigenvalue weighted by Crippen LogP contribution is -2.65. The van der Waals surface area contributed by atoms with Gasteiger partial charge in [-0.05, 0) is 86.0 Å². The Balaban J connectivity index is 1.53. The molecule has 3 fully saturated rings. The average Bonchev–Trinajstić information content (AvgIpc) is 3.29. The molecule has 0 aromatic carbocycles. The minimum Gasteiger partial charge on any atom is -0.339 e. The van der Waals surface area contributed by atoms with E-state index in [1.54, 1.807) is 0 Å². The maximum Gasteiger partial charge on any atom is 0.233 e. The van der Waals surface area contributed by atoms with E-state index >= 15 is 0 Å². The monoisotopic (exact) mass is 515 g/mol. The van der Waals surface area contributed by atoms with E-state index in [1.165, 1.54) is 0 Å². The largest absolute Gasteiger partial charge is 0.339 e. The molecule has 1 aromatic heterocycles. The topological polar surface area (TPSA) is 96.9 Å². The number of Topliss-reactive ketones (excluding diaryl/α,β-unsaturated/α-hetero) is 1. The van der Waals surface area contributed by atoms with Crippen molar-refractivity contribution in [1.82, 2.24) is 10.1 Å². The predicted molar refractivity (Wildman–Crippen MR) is 143 cm³/mol. The first-order chi connectivity index (χ1) is 17.7. The lowest BCUT2D eigenvalue weighted by atomic mass is 9.35. The zero-order valence-corrected chi connectivity index (χ0v) is 24.0. The van der Waals surface area contributed by atoms with Gasteiger partial charge in [-0.2, -0.15) is 10.2 Å². The van der Waals surface area contributed by atoms with Gasteiger partial charge in [-0.25, -0.2) is 0 Å². The fraction of sp³-hybridized carbons (Fsp3) is 0.719. The Hall–Kier alpha value is -2.55. The molecule has 0 spiro atoms. The Labute approximate surface area is 226 Å². The number of nitrogens with zero attached hydrogens (tertiary/aromatic N) is 3. The Morgan fingerprint density at radius 3 is 2.39 bits per heavy atom. The number of nitriles is 1. The summed E-state index contributed by atoms with van der Waals surface area (Å²) < 4.78 is 5.89. The van der Waals surface area contributed by atoms with E-state index in [1.807, 2.05) is 26.0 Å². The lowest BCUT2D eigenvalue weighted by Gasteiger charge is -2.68. The van der Waals surface area contributed by atoms with Crippen LogP contribution >= 0.6 is 0 Å². The van der Waals surface area contributed by atoms with Crippen molar-refractivity contribution < 1.29 is 14.1 Å². The summed E-state index contributed by atoms with van der Waals surface area (Å²) >= 11 is 0. The first-order valence-electron chi connectivity index (χ1n) is 14.5. The molecule has 0 radical (unpaired) electrons. The molecular weight excluding hydrogens is 474 g/mol. The van der Waals surface area contributed by atoms with Gasteiger partial charge in [-0.1, -0.05) is 58.3 Å². The van der Waals surface area contributed by atoms with Crippen LogP contribution in [-0.4, -0.2) is 21.7 Å². The van der Waals surface area contributed by atoms with Crippen molar-refractivity contribution in [2.24, 2.45) is 45.3 Å². The first kappa shape index (κ1) is 25.7. The van der Waals surface area contributed by atoms with Crippen LogP contribution in [0.4, 0.5) is 0 Å². The summed E-state index contributed by atoms with van der Waals surface area (Å²) in [6, 6.07) is 2.17. The number of allylic oxidation sites excluding steroid dienone is 4. The van der Waals surface area contributed by atoms with Gasteiger partial charge in [0.1, 0.15) is 6.07 Å². The molecule has 6 heteroatoms. The number of fused-ring (bicyclic) bond motifs is 7. The fourth-order valence-corrected chi connectivity index (χ4v) is 10.1. The van der Waals surface area contributed by atoms with Gasteiger partial charge in [-0.3, -0.25) is 9.59 Å². The number of aromatic nitrogens is 2. The maximum absolute atomic E-state index is 14.5. The number of carbonyl (C=O) groups excluding carboxylic acids is 2. The molecule has 6 rings (SSSR count). The van der Waals surface area contributed by atoms with E-state index in [0.717, 1.165) is 56.4 Å². The number of rotatable bonds is 1. The van der Waals surface area contributed by atoms with Gasteiger partial charge in [0, 0.05) is 17.3 Å². The molecule has 0 amide bonds. The summed E-state index contributed by atoms with van der Waals surface area (Å²) in [5, 5.41) is 14.0. The molecule has 0 N–H and O–H groups in total. The molecule has 6 nitrogen and oxygen atoms in total. The highest BCUT2D eigenvalue weighted by molar-refractivity contribution is 6.02. The van der Waals surface area contributed by atoms with Crippen molar-refractivity contribution in [1.29, 1.82) is 5.26 Å². The van der Waals surface area contributed by atoms with Crippen LogP contribution in [0.3, 0.4) is 0 Å². The maximum atomic E-state index is 14.5. The van der Waals surface area contributed by atoms with Gasteiger partial charge in [0.2, 0.25) is 5.89 Å². The standard InChI is InChI=1S/C32H41N3O3/c1-18-21-8-9-30(6)24(29(21,5)15-20(17-33)26(18)37)14-23(36)25-22-16-28(3,4)10-12-32(22,13-11-31(25,30)7)27-34-19(2)35-38-27/h14-15,18,21-22,25H,8-13,16H2,1-7H3/t18-,21-,22?,25?,29-,30+,31+,32-/m0/s1. The zero-order chi connectivity index (χ0) is 27.5. The van der Waals surface area contributed by atoms with Gasteiger partial charge < -0.3 is 4.52 Å². The summed E-state index contributed by atoms with van der Waals surface area (Å²) in [5.41, 5.74) is 0.368. The van der Waals surface area contributed by atoms with E-state index in [4.69, 9.17) is 9.51 Å². The van der Waals surface area contributed by atoms with Crippen LogP contribution in [-0.2, 0) is 15.0 Å². The Kier molecular flexibility index (Phi) is 5.26. The van der Waals surface area contributed by atoms with Crippen molar-refractivity contribution in [3.05, 3.63) is 35.0 Å². The van der Waals surface area contributed by atoms with Crippen LogP contribution in [0.25, 0.3) is 0 Å². The van der Waals surface area contributed by atoms with Crippen LogP contribution in [0.15, 0.2) is 27.8 Å². The third-order valence-electron chi connectivity index (χ3n) is 12.5. The molecule has 0 aliphatic heterocycles. The van der Waals surface area contributed by atoms with Gasteiger partial charge in [0.05, 0.1) is 11.0 Å². The third kappa shape index (κ3) is 3.05. The summed E-state index contributed by atoms with van der Waals surface area (Å²) in [7, 11) is 0. The lowest BCUT2D eigenvalue weighted by molar-refractivity contribution is -0.159. The van der Waals surface area contributed by atoms with Crippen molar-refractivity contribution in [3.63, 3.8) is 0 Å². The number of hydrogen-bond acceptors (Lipinski definition) is 6. The van der Waals surface area contributed by atoms with E-state index in [0.29, 0.717) is 5.82 Å². The summed E-state index contributed by atoms with van der Waals surface area (Å²) in [6.45, 7) is 15.4. The Bertz CT molecular complexity index is 1350. The number of aryl methyl sites for hydroxylation is 1. The molecule has 8 atom stereocenters. The molecule has 5 aliphatic carbocycles. The molecule has 0 bridgehead atoms. The van der Waals surface area contributed by atoms with E-state index in [2.05, 4.69) is 45.8 Å². The quantitative estimate of drug-likeness (QED) is 0.426. The van der Waals surface area contributed by atoms with Gasteiger partial charge in [-0.15, -0.1) is 0 Å². The molecule has 202 valence electrons. The van der Waals surface area contributed by atoms with E-state index < -0.39 is 5.41 Å². The van der Waals surface area contributed by atoms with Crippen molar-refractivity contribution in [2.45, 2.75) is 98.8 Å². The van der Waals surface area contributed by atoms with Crippen molar-refractivity contribution >= 4 is 11.6 Å². The summed E-state index contributed by atoms with van der Waals surface area (Å²) in [5.74, 6) is 1.44. The normalized spacial score (nSPS) is 45.5. The van der Waals surface area contributed by atoms with Crippen LogP contribution in [0.1, 0.15) is 98.2 Å². The average molecular weight is 516 g/mol. The number of hydrogen-bond donors (Lipinski definition) is 0. The molecule has 3 saturated carbocycles. The Morgan fingerprint density at radius 1 is 1.03 bits per heavy atom. The third-order valence-corrected chi connectivity index (χ3v) is 12.5. The second kappa shape index (κ2) is 7.77. The highest BCUT2D eigenvalue weighted by Crippen LogP contribution is 2.73. The van der Waals surface area contributed by atoms with Crippen LogP contribution in [0.5, 0.6) is 0 Å². The van der Waals surface area contributed by atoms with Gasteiger partial charge >= 0.3 is 0 Å². The highest BCUT2D eigenvalue weighted by atomic mass is 16.5. The second-order valence-electron chi connectivity index (χ2n) is 14.7. The smallest absolute Gasteiger partial charge is 0.233 e. The van der Waals surface area contributed by atoms with Crippen molar-refractivity contribution in [2.75, 3.05) is 0 Å². The SMILES string of the molecule is Cc1noc([C@]23CCC(C)(C)CC2C2C(=O)C=C4[C@@]5(C)C=C(C#N)C(=O)[C@@H](C)[C@@H]5CC[C@@]4(C)[C@]2(C)CC3)n1. The molecule has 38 heavy (non-hydrogen) atoms. The van der Waals surface area contributed by atoms with Gasteiger partial charge in [0.25, 0.3) is 0 Å². The van der Waals surface area contributed by atoms with Crippen LogP contribution < -0.4 is 0 Å². The van der Waals surface area contributed by atoms with Crippen molar-refractivity contribution in [3.8, 4) is 6.07 Å². The highest BCUT2D eigenvalue weighted by Gasteiger charge is 2.70. The molecule has 5 aliphatic rings. The minimum atomic E-state index is -0.473. The second-order valence-corrected chi connectivity index (χ2v) is 14.7. The molecule has 1 aromatic rings. The summed E-state index contributed by atoms with van der Waals surface area (Å²) in [4.78, 5) is 32.2. The van der Waals surface area contributed by atoms with Crippen LogP contribution in [0, 0.1) is 63.6 Å². The van der Waals surface area contributed by atoms with E-state index in [9.17, 15) is 14.9 Å².